The van der Waals surface area contributed by atoms with E-state index in [0.717, 1.165) is 19.3 Å². The molecule has 76 valence electrons. The van der Waals surface area contributed by atoms with Gasteiger partial charge in [-0.3, -0.25) is 4.79 Å². The normalized spacial score (nSPS) is 37.1. The first-order valence-corrected chi connectivity index (χ1v) is 5.21. The molecule has 4 atom stereocenters. The standard InChI is InChI=1S/C11H20O2/c1-7-4-5-10(11(13)6-7)8(2)9(3)12/h7-8,10-11,13H,4-6H2,1-3H3/t7-,8?,10+,11-/m1/s1. The molecular formula is C11H20O2. The van der Waals surface area contributed by atoms with E-state index in [1.54, 1.807) is 6.92 Å². The van der Waals surface area contributed by atoms with Crippen LogP contribution in [0.25, 0.3) is 0 Å². The van der Waals surface area contributed by atoms with Crippen LogP contribution in [0.4, 0.5) is 0 Å². The summed E-state index contributed by atoms with van der Waals surface area (Å²) in [6, 6.07) is 0. The van der Waals surface area contributed by atoms with Crippen LogP contribution in [0.3, 0.4) is 0 Å². The highest BCUT2D eigenvalue weighted by atomic mass is 16.3. The molecule has 0 bridgehead atoms. The lowest BCUT2D eigenvalue weighted by atomic mass is 9.74. The van der Waals surface area contributed by atoms with Crippen LogP contribution in [-0.4, -0.2) is 17.0 Å². The Morgan fingerprint density at radius 3 is 2.54 bits per heavy atom. The molecule has 13 heavy (non-hydrogen) atoms. The van der Waals surface area contributed by atoms with Crippen LogP contribution >= 0.6 is 0 Å². The lowest BCUT2D eigenvalue weighted by Crippen LogP contribution is -2.35. The summed E-state index contributed by atoms with van der Waals surface area (Å²) in [5.41, 5.74) is 0. The van der Waals surface area contributed by atoms with Gasteiger partial charge in [0.05, 0.1) is 6.10 Å². The van der Waals surface area contributed by atoms with Crippen molar-refractivity contribution < 1.29 is 9.90 Å². The molecule has 1 saturated carbocycles. The second-order valence-corrected chi connectivity index (χ2v) is 4.55. The molecule has 0 spiro atoms. The quantitative estimate of drug-likeness (QED) is 0.712. The van der Waals surface area contributed by atoms with Crippen molar-refractivity contribution in [3.8, 4) is 0 Å². The molecule has 1 aliphatic carbocycles. The van der Waals surface area contributed by atoms with E-state index in [9.17, 15) is 9.90 Å². The maximum atomic E-state index is 11.2. The van der Waals surface area contributed by atoms with Crippen LogP contribution in [0.2, 0.25) is 0 Å². The molecule has 2 heteroatoms. The summed E-state index contributed by atoms with van der Waals surface area (Å²) in [6.07, 6.45) is 2.76. The molecule has 0 amide bonds. The fourth-order valence-corrected chi connectivity index (χ4v) is 2.26. The van der Waals surface area contributed by atoms with Gasteiger partial charge in [0.2, 0.25) is 0 Å². The van der Waals surface area contributed by atoms with Crippen LogP contribution in [0.15, 0.2) is 0 Å². The topological polar surface area (TPSA) is 37.3 Å². The van der Waals surface area contributed by atoms with Crippen molar-refractivity contribution in [1.82, 2.24) is 0 Å². The van der Waals surface area contributed by atoms with Crippen molar-refractivity contribution in [3.63, 3.8) is 0 Å². The van der Waals surface area contributed by atoms with E-state index in [1.165, 1.54) is 0 Å². The molecule has 1 N–H and O–H groups in total. The number of carbonyl (C=O) groups is 1. The van der Waals surface area contributed by atoms with Crippen molar-refractivity contribution in [2.75, 3.05) is 0 Å². The molecule has 0 aromatic rings. The van der Waals surface area contributed by atoms with Gasteiger partial charge in [-0.15, -0.1) is 0 Å². The Balaban J connectivity index is 2.55. The second kappa shape index (κ2) is 4.23. The second-order valence-electron chi connectivity index (χ2n) is 4.55. The number of ketones is 1. The number of aliphatic hydroxyl groups excluding tert-OH is 1. The monoisotopic (exact) mass is 184 g/mol. The molecule has 0 radical (unpaired) electrons. The van der Waals surface area contributed by atoms with Crippen molar-refractivity contribution in [2.45, 2.75) is 46.1 Å². The first kappa shape index (κ1) is 10.7. The Labute approximate surface area is 80.3 Å². The molecule has 1 fully saturated rings. The summed E-state index contributed by atoms with van der Waals surface area (Å²) < 4.78 is 0. The zero-order valence-electron chi connectivity index (χ0n) is 8.79. The van der Waals surface area contributed by atoms with Gasteiger partial charge >= 0.3 is 0 Å². The Hall–Kier alpha value is -0.370. The van der Waals surface area contributed by atoms with Gasteiger partial charge in [0.25, 0.3) is 0 Å². The largest absolute Gasteiger partial charge is 0.393 e. The first-order valence-electron chi connectivity index (χ1n) is 5.21. The highest BCUT2D eigenvalue weighted by Crippen LogP contribution is 2.33. The van der Waals surface area contributed by atoms with Gasteiger partial charge < -0.3 is 5.11 Å². The van der Waals surface area contributed by atoms with Crippen molar-refractivity contribution >= 4 is 5.78 Å². The van der Waals surface area contributed by atoms with Crippen molar-refractivity contribution in [2.24, 2.45) is 17.8 Å². The van der Waals surface area contributed by atoms with E-state index in [1.807, 2.05) is 6.92 Å². The number of aliphatic hydroxyl groups is 1. The van der Waals surface area contributed by atoms with Gasteiger partial charge in [-0.05, 0) is 31.6 Å². The SMILES string of the molecule is CC(=O)C(C)[C@@H]1CC[C@@H](C)C[C@H]1O. The summed E-state index contributed by atoms with van der Waals surface area (Å²) in [4.78, 5) is 11.2. The van der Waals surface area contributed by atoms with Crippen LogP contribution < -0.4 is 0 Å². The number of Topliss-reactive ketones (excluding diaryl/α,β-unsaturated/α-hetero) is 1. The zero-order valence-corrected chi connectivity index (χ0v) is 8.79. The van der Waals surface area contributed by atoms with Gasteiger partial charge in [0, 0.05) is 5.92 Å². The third-order valence-corrected chi connectivity index (χ3v) is 3.41. The van der Waals surface area contributed by atoms with Crippen LogP contribution in [0, 0.1) is 17.8 Å². The number of rotatable bonds is 2. The lowest BCUT2D eigenvalue weighted by molar-refractivity contribution is -0.124. The van der Waals surface area contributed by atoms with E-state index in [2.05, 4.69) is 6.92 Å². The number of hydrogen-bond donors (Lipinski definition) is 1. The number of hydrogen-bond acceptors (Lipinski definition) is 2. The van der Waals surface area contributed by atoms with Gasteiger partial charge in [-0.1, -0.05) is 20.3 Å². The van der Waals surface area contributed by atoms with E-state index in [-0.39, 0.29) is 23.7 Å². The Morgan fingerprint density at radius 1 is 1.46 bits per heavy atom. The third-order valence-electron chi connectivity index (χ3n) is 3.41. The van der Waals surface area contributed by atoms with Gasteiger partial charge in [0.15, 0.2) is 0 Å². The average Bonchev–Trinajstić information content (AvgIpc) is 2.03. The van der Waals surface area contributed by atoms with E-state index in [0.29, 0.717) is 5.92 Å². The van der Waals surface area contributed by atoms with Crippen molar-refractivity contribution in [1.29, 1.82) is 0 Å². The minimum absolute atomic E-state index is 0.0301. The minimum Gasteiger partial charge on any atom is -0.393 e. The Bertz CT molecular complexity index is 189. The molecule has 0 aromatic heterocycles. The molecule has 1 unspecified atom stereocenters. The molecule has 2 nitrogen and oxygen atoms in total. The van der Waals surface area contributed by atoms with E-state index >= 15 is 0 Å². The molecule has 1 rings (SSSR count). The predicted octanol–water partition coefficient (Wildman–Crippen LogP) is 2.01. The predicted molar refractivity (Wildman–Crippen MR) is 52.4 cm³/mol. The highest BCUT2D eigenvalue weighted by molar-refractivity contribution is 5.78. The average molecular weight is 184 g/mol. The third kappa shape index (κ3) is 2.53. The van der Waals surface area contributed by atoms with Crippen LogP contribution in [0.1, 0.15) is 40.0 Å². The number of carbonyl (C=O) groups excluding carboxylic acids is 1. The fraction of sp³-hybridized carbons (Fsp3) is 0.909. The summed E-state index contributed by atoms with van der Waals surface area (Å²) in [6.45, 7) is 5.72. The summed E-state index contributed by atoms with van der Waals surface area (Å²) in [7, 11) is 0. The van der Waals surface area contributed by atoms with Gasteiger partial charge in [-0.2, -0.15) is 0 Å². The summed E-state index contributed by atoms with van der Waals surface area (Å²) in [5.74, 6) is 1.06. The van der Waals surface area contributed by atoms with E-state index < -0.39 is 0 Å². The lowest BCUT2D eigenvalue weighted by Gasteiger charge is -2.34. The molecule has 0 saturated heterocycles. The molecule has 0 aromatic carbocycles. The minimum atomic E-state index is -0.261. The van der Waals surface area contributed by atoms with Gasteiger partial charge in [0.1, 0.15) is 5.78 Å². The van der Waals surface area contributed by atoms with Crippen LogP contribution in [-0.2, 0) is 4.79 Å². The Kier molecular flexibility index (Phi) is 3.48. The maximum Gasteiger partial charge on any atom is 0.133 e. The smallest absolute Gasteiger partial charge is 0.133 e. The highest BCUT2D eigenvalue weighted by Gasteiger charge is 2.32. The summed E-state index contributed by atoms with van der Waals surface area (Å²) in [5, 5.41) is 9.81. The fourth-order valence-electron chi connectivity index (χ4n) is 2.26. The molecule has 0 heterocycles. The first-order chi connectivity index (χ1) is 6.02. The molecular weight excluding hydrogens is 164 g/mol. The van der Waals surface area contributed by atoms with Crippen molar-refractivity contribution in [3.05, 3.63) is 0 Å². The zero-order chi connectivity index (χ0) is 10.0. The van der Waals surface area contributed by atoms with E-state index in [4.69, 9.17) is 0 Å². The van der Waals surface area contributed by atoms with Crippen LogP contribution in [0.5, 0.6) is 0 Å². The Morgan fingerprint density at radius 2 is 2.08 bits per heavy atom. The molecule has 0 aliphatic heterocycles. The molecule has 1 aliphatic rings. The summed E-state index contributed by atoms with van der Waals surface area (Å²) >= 11 is 0. The van der Waals surface area contributed by atoms with Gasteiger partial charge in [-0.25, -0.2) is 0 Å². The maximum absolute atomic E-state index is 11.2.